The molecule has 1 unspecified atom stereocenters. The lowest BCUT2D eigenvalue weighted by atomic mass is 10.1. The number of anilines is 3. The van der Waals surface area contributed by atoms with E-state index in [-0.39, 0.29) is 23.4 Å². The largest absolute Gasteiger partial charge is 0.465 e. The molecule has 0 bridgehead atoms. The van der Waals surface area contributed by atoms with Crippen LogP contribution in [0.2, 0.25) is 0 Å². The average Bonchev–Trinajstić information content (AvgIpc) is 3.34. The fourth-order valence-electron chi connectivity index (χ4n) is 4.93. The molecular weight excluding hydrogens is 652 g/mol. The first-order valence-electron chi connectivity index (χ1n) is 15.1. The van der Waals surface area contributed by atoms with Gasteiger partial charge in [-0.1, -0.05) is 42.1 Å². The molecule has 4 amide bonds. The molecule has 13 nitrogen and oxygen atoms in total. The van der Waals surface area contributed by atoms with Crippen LogP contribution in [0.25, 0.3) is 10.8 Å². The minimum absolute atomic E-state index is 0.233. The first-order valence-corrected chi connectivity index (χ1v) is 16.0. The molecule has 5 rings (SSSR count). The standard InChI is InChI=1S/C35H34N4O9S/c1-20(40)39(48-23-11-8-21(9-12-23)16-30-32(42)38-34(45)49-30)29-15-14-25(18-28(29)36-19-31(41)47-35(2,3)4)46-24-13-10-22-6-5-7-27(26(22)17-24)37-33(43)44/h5-15,17-18,30,36-37H,16,19H2,1-4H3,(H,43,44)(H,38,42,45). The molecule has 0 saturated carbocycles. The Kier molecular flexibility index (Phi) is 10.3. The van der Waals surface area contributed by atoms with Crippen LogP contribution in [0.15, 0.2) is 78.9 Å². The number of amides is 4. The van der Waals surface area contributed by atoms with Crippen LogP contribution in [0.4, 0.5) is 26.7 Å². The Morgan fingerprint density at radius 3 is 2.27 bits per heavy atom. The van der Waals surface area contributed by atoms with Gasteiger partial charge in [-0.15, -0.1) is 5.06 Å². The number of fused-ring (bicyclic) bond motifs is 1. The fourth-order valence-corrected chi connectivity index (χ4v) is 5.79. The van der Waals surface area contributed by atoms with Gasteiger partial charge in [-0.05, 0) is 80.6 Å². The average molecular weight is 687 g/mol. The number of esters is 1. The Hall–Kier alpha value is -5.76. The molecular formula is C35H34N4O9S. The van der Waals surface area contributed by atoms with E-state index in [1.165, 1.54) is 6.92 Å². The van der Waals surface area contributed by atoms with Gasteiger partial charge in [0.05, 0.1) is 16.6 Å². The quantitative estimate of drug-likeness (QED) is 0.0975. The van der Waals surface area contributed by atoms with Gasteiger partial charge in [0.15, 0.2) is 5.75 Å². The van der Waals surface area contributed by atoms with Gasteiger partial charge in [0.2, 0.25) is 5.91 Å². The van der Waals surface area contributed by atoms with Gasteiger partial charge in [0, 0.05) is 18.4 Å². The second kappa shape index (κ2) is 14.6. The van der Waals surface area contributed by atoms with Crippen LogP contribution in [0.3, 0.4) is 0 Å². The molecule has 1 atom stereocenters. The number of thioether (sulfide) groups is 1. The van der Waals surface area contributed by atoms with Crippen LogP contribution in [0.5, 0.6) is 17.2 Å². The summed E-state index contributed by atoms with van der Waals surface area (Å²) in [6, 6.07) is 22.0. The van der Waals surface area contributed by atoms with Gasteiger partial charge in [0.1, 0.15) is 29.3 Å². The van der Waals surface area contributed by atoms with E-state index in [2.05, 4.69) is 16.0 Å². The first kappa shape index (κ1) is 34.6. The lowest BCUT2D eigenvalue weighted by Gasteiger charge is -2.25. The number of carbonyl (C=O) groups is 5. The summed E-state index contributed by atoms with van der Waals surface area (Å²) >= 11 is 0.942. The van der Waals surface area contributed by atoms with Gasteiger partial charge in [-0.3, -0.25) is 29.8 Å². The minimum atomic E-state index is -1.20. The highest BCUT2D eigenvalue weighted by Crippen LogP contribution is 2.35. The number of imide groups is 1. The van der Waals surface area contributed by atoms with Crippen molar-refractivity contribution >= 4 is 68.7 Å². The third-order valence-corrected chi connectivity index (χ3v) is 7.94. The Morgan fingerprint density at radius 2 is 1.61 bits per heavy atom. The SMILES string of the molecule is CC(=O)N(Oc1ccc(CC2SC(=O)NC2=O)cc1)c1ccc(Oc2ccc3cccc(NC(=O)O)c3c2)cc1NCC(=O)OC(C)(C)C. The molecule has 4 aromatic rings. The Balaban J connectivity index is 1.41. The molecule has 0 spiro atoms. The molecule has 0 radical (unpaired) electrons. The van der Waals surface area contributed by atoms with Crippen molar-refractivity contribution in [1.82, 2.24) is 5.32 Å². The molecule has 1 fully saturated rings. The number of nitrogens with one attached hydrogen (secondary N) is 3. The monoisotopic (exact) mass is 686 g/mol. The molecule has 49 heavy (non-hydrogen) atoms. The van der Waals surface area contributed by atoms with Gasteiger partial charge >= 0.3 is 12.1 Å². The predicted octanol–water partition coefficient (Wildman–Crippen LogP) is 6.72. The summed E-state index contributed by atoms with van der Waals surface area (Å²) in [7, 11) is 0. The molecule has 1 aliphatic heterocycles. The van der Waals surface area contributed by atoms with Crippen molar-refractivity contribution in [1.29, 1.82) is 0 Å². The number of nitrogens with zero attached hydrogens (tertiary/aromatic N) is 1. The molecule has 4 aromatic carbocycles. The zero-order chi connectivity index (χ0) is 35.3. The number of carbonyl (C=O) groups excluding carboxylic acids is 4. The summed E-state index contributed by atoms with van der Waals surface area (Å²) in [6.07, 6.45) is -0.855. The number of rotatable bonds is 11. The maximum absolute atomic E-state index is 12.9. The van der Waals surface area contributed by atoms with Crippen LogP contribution in [0, 0.1) is 0 Å². The molecule has 1 heterocycles. The second-order valence-electron chi connectivity index (χ2n) is 12.0. The van der Waals surface area contributed by atoms with Crippen molar-refractivity contribution < 1.29 is 43.4 Å². The number of carboxylic acid groups (broad SMARTS) is 1. The Bertz CT molecular complexity index is 1920. The van der Waals surface area contributed by atoms with Crippen LogP contribution < -0.4 is 30.6 Å². The molecule has 1 saturated heterocycles. The maximum Gasteiger partial charge on any atom is 0.409 e. The third-order valence-electron chi connectivity index (χ3n) is 6.96. The molecule has 254 valence electrons. The fraction of sp³-hybridized carbons (Fsp3) is 0.229. The zero-order valence-corrected chi connectivity index (χ0v) is 27.9. The number of hydrogen-bond acceptors (Lipinski definition) is 10. The van der Waals surface area contributed by atoms with Crippen LogP contribution >= 0.6 is 11.8 Å². The topological polar surface area (TPSA) is 173 Å². The number of hydroxylamine groups is 1. The smallest absolute Gasteiger partial charge is 0.409 e. The van der Waals surface area contributed by atoms with E-state index in [1.54, 1.807) is 93.6 Å². The van der Waals surface area contributed by atoms with Gasteiger partial charge in [-0.25, -0.2) is 4.79 Å². The Labute approximate surface area is 285 Å². The minimum Gasteiger partial charge on any atom is -0.465 e. The predicted molar refractivity (Wildman–Crippen MR) is 185 cm³/mol. The van der Waals surface area contributed by atoms with Crippen LogP contribution in [-0.4, -0.2) is 51.6 Å². The van der Waals surface area contributed by atoms with E-state index in [0.717, 1.165) is 27.8 Å². The molecule has 14 heteroatoms. The van der Waals surface area contributed by atoms with Crippen molar-refractivity contribution in [2.24, 2.45) is 0 Å². The highest BCUT2D eigenvalue weighted by atomic mass is 32.2. The van der Waals surface area contributed by atoms with Gasteiger partial charge < -0.3 is 24.7 Å². The van der Waals surface area contributed by atoms with Crippen molar-refractivity contribution in [3.8, 4) is 17.2 Å². The van der Waals surface area contributed by atoms with E-state index in [9.17, 15) is 29.1 Å². The van der Waals surface area contributed by atoms with E-state index in [1.807, 2.05) is 6.07 Å². The Morgan fingerprint density at radius 1 is 0.918 bits per heavy atom. The highest BCUT2D eigenvalue weighted by molar-refractivity contribution is 8.15. The summed E-state index contributed by atoms with van der Waals surface area (Å²) in [5.74, 6) is -0.256. The molecule has 0 aromatic heterocycles. The first-order chi connectivity index (χ1) is 23.2. The van der Waals surface area contributed by atoms with Crippen LogP contribution in [0.1, 0.15) is 33.3 Å². The van der Waals surface area contributed by atoms with Crippen molar-refractivity contribution in [3.63, 3.8) is 0 Å². The number of hydrogen-bond donors (Lipinski definition) is 4. The van der Waals surface area contributed by atoms with E-state index >= 15 is 0 Å². The van der Waals surface area contributed by atoms with E-state index in [0.29, 0.717) is 40.4 Å². The summed E-state index contributed by atoms with van der Waals surface area (Å²) in [5, 5.41) is 18.5. The van der Waals surface area contributed by atoms with Gasteiger partial charge in [0.25, 0.3) is 11.1 Å². The van der Waals surface area contributed by atoms with Crippen molar-refractivity contribution in [3.05, 3.63) is 84.4 Å². The zero-order valence-electron chi connectivity index (χ0n) is 27.1. The number of benzene rings is 4. The van der Waals surface area contributed by atoms with Gasteiger partial charge in [-0.2, -0.15) is 0 Å². The molecule has 1 aliphatic rings. The highest BCUT2D eigenvalue weighted by Gasteiger charge is 2.31. The molecule has 4 N–H and O–H groups in total. The van der Waals surface area contributed by atoms with Crippen molar-refractivity contribution in [2.75, 3.05) is 22.2 Å². The third kappa shape index (κ3) is 9.20. The summed E-state index contributed by atoms with van der Waals surface area (Å²) in [6.45, 7) is 6.35. The van der Waals surface area contributed by atoms with E-state index in [4.69, 9.17) is 14.3 Å². The lowest BCUT2D eigenvalue weighted by Crippen LogP contribution is -2.33. The summed E-state index contributed by atoms with van der Waals surface area (Å²) in [5.41, 5.74) is 1.07. The molecule has 0 aliphatic carbocycles. The normalized spacial score (nSPS) is 14.2. The van der Waals surface area contributed by atoms with Crippen LogP contribution in [-0.2, 0) is 25.5 Å². The second-order valence-corrected chi connectivity index (χ2v) is 13.2. The maximum atomic E-state index is 12.9. The van der Waals surface area contributed by atoms with Crippen molar-refractivity contribution in [2.45, 2.75) is 45.0 Å². The van der Waals surface area contributed by atoms with E-state index < -0.39 is 28.8 Å². The summed E-state index contributed by atoms with van der Waals surface area (Å²) < 4.78 is 11.6. The summed E-state index contributed by atoms with van der Waals surface area (Å²) in [4.78, 5) is 66.3. The lowest BCUT2D eigenvalue weighted by molar-refractivity contribution is -0.152. The number of ether oxygens (including phenoxy) is 2.